The van der Waals surface area contributed by atoms with E-state index in [1.54, 1.807) is 6.66 Å². The van der Waals surface area contributed by atoms with Crippen LogP contribution in [-0.4, -0.2) is 36.4 Å². The zero-order valence-corrected chi connectivity index (χ0v) is 11.1. The SMILES string of the molecule is C=CC[C@@H](C(=O)OPC)[C@H](O)C(=O)OCCC. The molecule has 6 heteroatoms. The summed E-state index contributed by atoms with van der Waals surface area (Å²) in [6.07, 6.45) is 0.793. The molecule has 1 unspecified atom stereocenters. The third-order valence-corrected chi connectivity index (χ3v) is 2.40. The second-order valence-electron chi connectivity index (χ2n) is 3.37. The van der Waals surface area contributed by atoms with Crippen molar-refractivity contribution in [2.24, 2.45) is 5.92 Å². The van der Waals surface area contributed by atoms with Crippen LogP contribution in [0.5, 0.6) is 0 Å². The van der Waals surface area contributed by atoms with Gasteiger partial charge >= 0.3 is 11.9 Å². The van der Waals surface area contributed by atoms with Crippen molar-refractivity contribution in [2.45, 2.75) is 25.9 Å². The highest BCUT2D eigenvalue weighted by molar-refractivity contribution is 7.31. The fraction of sp³-hybridized carbons (Fsp3) is 0.636. The number of ether oxygens (including phenoxy) is 1. The van der Waals surface area contributed by atoms with E-state index in [9.17, 15) is 14.7 Å². The molecule has 0 saturated heterocycles. The monoisotopic (exact) mass is 262 g/mol. The molecule has 0 radical (unpaired) electrons. The topological polar surface area (TPSA) is 72.8 Å². The van der Waals surface area contributed by atoms with Gasteiger partial charge < -0.3 is 14.4 Å². The number of esters is 1. The maximum absolute atomic E-state index is 11.5. The van der Waals surface area contributed by atoms with Crippen LogP contribution >= 0.6 is 8.81 Å². The second-order valence-corrected chi connectivity index (χ2v) is 3.98. The van der Waals surface area contributed by atoms with Crippen molar-refractivity contribution in [3.05, 3.63) is 12.7 Å². The van der Waals surface area contributed by atoms with Gasteiger partial charge in [-0.2, -0.15) is 0 Å². The molecule has 1 N–H and O–H groups in total. The van der Waals surface area contributed by atoms with Gasteiger partial charge in [-0.1, -0.05) is 13.0 Å². The Kier molecular flexibility index (Phi) is 8.64. The molecule has 0 aromatic carbocycles. The van der Waals surface area contributed by atoms with Crippen molar-refractivity contribution in [1.82, 2.24) is 0 Å². The predicted molar refractivity (Wildman–Crippen MR) is 65.9 cm³/mol. The molecule has 98 valence electrons. The molecule has 0 rings (SSSR count). The summed E-state index contributed by atoms with van der Waals surface area (Å²) in [4.78, 5) is 22.9. The van der Waals surface area contributed by atoms with Gasteiger partial charge in [0.2, 0.25) is 0 Å². The summed E-state index contributed by atoms with van der Waals surface area (Å²) in [5, 5.41) is 9.71. The van der Waals surface area contributed by atoms with Gasteiger partial charge in [-0.25, -0.2) is 4.79 Å². The Balaban J connectivity index is 4.51. The quantitative estimate of drug-likeness (QED) is 0.405. The molecule has 0 bridgehead atoms. The first-order valence-electron chi connectivity index (χ1n) is 5.41. The fourth-order valence-electron chi connectivity index (χ4n) is 1.16. The lowest BCUT2D eigenvalue weighted by Gasteiger charge is -2.18. The average molecular weight is 262 g/mol. The Morgan fingerprint density at radius 1 is 1.47 bits per heavy atom. The Labute approximate surface area is 103 Å². The van der Waals surface area contributed by atoms with Gasteiger partial charge in [0.25, 0.3) is 0 Å². The maximum Gasteiger partial charge on any atom is 0.335 e. The second kappa shape index (κ2) is 9.14. The van der Waals surface area contributed by atoms with Crippen LogP contribution in [0.25, 0.3) is 0 Å². The Hall–Kier alpha value is -0.930. The Bertz CT molecular complexity index is 267. The van der Waals surface area contributed by atoms with Crippen LogP contribution in [-0.2, 0) is 18.8 Å². The van der Waals surface area contributed by atoms with Gasteiger partial charge in [0, 0.05) is 0 Å². The summed E-state index contributed by atoms with van der Waals surface area (Å²) in [6, 6.07) is 0. The molecule has 0 aliphatic heterocycles. The number of carbonyl (C=O) groups excluding carboxylic acids is 2. The minimum Gasteiger partial charge on any atom is -0.464 e. The third-order valence-electron chi connectivity index (χ3n) is 2.00. The first-order chi connectivity index (χ1) is 8.08. The van der Waals surface area contributed by atoms with E-state index >= 15 is 0 Å². The normalized spacial score (nSPS) is 14.3. The molecule has 0 spiro atoms. The zero-order valence-electron chi connectivity index (χ0n) is 10.1. The van der Waals surface area contributed by atoms with Crippen LogP contribution in [0.2, 0.25) is 0 Å². The van der Waals surface area contributed by atoms with E-state index in [1.165, 1.54) is 6.08 Å². The van der Waals surface area contributed by atoms with Crippen molar-refractivity contribution in [3.63, 3.8) is 0 Å². The number of allylic oxidation sites excluding steroid dienone is 1. The van der Waals surface area contributed by atoms with E-state index in [4.69, 9.17) is 9.26 Å². The minimum atomic E-state index is -1.50. The first-order valence-corrected chi connectivity index (χ1v) is 6.82. The molecule has 0 amide bonds. The molecule has 0 aliphatic carbocycles. The van der Waals surface area contributed by atoms with Gasteiger partial charge in [-0.05, 0) is 19.5 Å². The molecule has 0 aromatic heterocycles. The van der Waals surface area contributed by atoms with E-state index in [0.29, 0.717) is 6.42 Å². The summed E-state index contributed by atoms with van der Waals surface area (Å²) in [5.41, 5.74) is 0. The van der Waals surface area contributed by atoms with Gasteiger partial charge in [0.15, 0.2) is 6.10 Å². The Morgan fingerprint density at radius 3 is 2.59 bits per heavy atom. The van der Waals surface area contributed by atoms with Crippen LogP contribution < -0.4 is 0 Å². The van der Waals surface area contributed by atoms with Crippen molar-refractivity contribution in [2.75, 3.05) is 13.3 Å². The highest BCUT2D eigenvalue weighted by Crippen LogP contribution is 2.18. The lowest BCUT2D eigenvalue weighted by molar-refractivity contribution is -0.162. The average Bonchev–Trinajstić information content (AvgIpc) is 2.32. The van der Waals surface area contributed by atoms with Crippen molar-refractivity contribution < 1.29 is 24.0 Å². The Morgan fingerprint density at radius 2 is 2.12 bits per heavy atom. The molecule has 0 saturated carbocycles. The molecule has 17 heavy (non-hydrogen) atoms. The highest BCUT2D eigenvalue weighted by atomic mass is 31.1. The molecule has 0 fully saturated rings. The lowest BCUT2D eigenvalue weighted by atomic mass is 9.99. The third kappa shape index (κ3) is 5.80. The largest absolute Gasteiger partial charge is 0.464 e. The molecule has 0 aliphatic rings. The van der Waals surface area contributed by atoms with Crippen molar-refractivity contribution >= 4 is 20.7 Å². The maximum atomic E-state index is 11.5. The molecule has 3 atom stereocenters. The van der Waals surface area contributed by atoms with E-state index < -0.39 is 24.0 Å². The minimum absolute atomic E-state index is 0.0244. The predicted octanol–water partition coefficient (Wildman–Crippen LogP) is 1.26. The summed E-state index contributed by atoms with van der Waals surface area (Å²) < 4.78 is 9.59. The van der Waals surface area contributed by atoms with Gasteiger partial charge in [-0.15, -0.1) is 6.58 Å². The molecule has 5 nitrogen and oxygen atoms in total. The number of hydrogen-bond acceptors (Lipinski definition) is 5. The van der Waals surface area contributed by atoms with E-state index in [1.807, 2.05) is 6.92 Å². The molecular weight excluding hydrogens is 243 g/mol. The number of carbonyl (C=O) groups is 2. The van der Waals surface area contributed by atoms with Crippen molar-refractivity contribution in [3.8, 4) is 0 Å². The summed E-state index contributed by atoms with van der Waals surface area (Å²) in [6.45, 7) is 7.23. The van der Waals surface area contributed by atoms with Crippen molar-refractivity contribution in [1.29, 1.82) is 0 Å². The van der Waals surface area contributed by atoms with Gasteiger partial charge in [-0.3, -0.25) is 4.79 Å². The lowest BCUT2D eigenvalue weighted by Crippen LogP contribution is -2.36. The fourth-order valence-corrected chi connectivity index (χ4v) is 1.51. The van der Waals surface area contributed by atoms with E-state index in [-0.39, 0.29) is 21.8 Å². The van der Waals surface area contributed by atoms with Crippen LogP contribution in [0.15, 0.2) is 12.7 Å². The van der Waals surface area contributed by atoms with Crippen LogP contribution in [0.4, 0.5) is 0 Å². The van der Waals surface area contributed by atoms with E-state index in [0.717, 1.165) is 0 Å². The summed E-state index contributed by atoms with van der Waals surface area (Å²) in [5.74, 6) is -2.34. The summed E-state index contributed by atoms with van der Waals surface area (Å²) in [7, 11) is -0.0244. The van der Waals surface area contributed by atoms with E-state index in [2.05, 4.69) is 6.58 Å². The first kappa shape index (κ1) is 16.1. The van der Waals surface area contributed by atoms with Crippen LogP contribution in [0, 0.1) is 5.92 Å². The number of aliphatic hydroxyl groups is 1. The summed E-state index contributed by atoms with van der Waals surface area (Å²) >= 11 is 0. The van der Waals surface area contributed by atoms with Gasteiger partial charge in [0.05, 0.1) is 21.3 Å². The smallest absolute Gasteiger partial charge is 0.335 e. The van der Waals surface area contributed by atoms with Gasteiger partial charge in [0.1, 0.15) is 0 Å². The zero-order chi connectivity index (χ0) is 13.3. The molecule has 0 heterocycles. The number of hydrogen-bond donors (Lipinski definition) is 1. The number of aliphatic hydroxyl groups excluding tert-OH is 1. The van der Waals surface area contributed by atoms with Crippen LogP contribution in [0.1, 0.15) is 19.8 Å². The van der Waals surface area contributed by atoms with Crippen LogP contribution in [0.3, 0.4) is 0 Å². The molecule has 0 aromatic rings. The standard InChI is InChI=1S/C11H19O5P/c1-4-6-8(10(13)16-17-3)9(12)11(14)15-7-5-2/h4,8-9,12,17H,1,5-7H2,2-3H3/t8-,9+/m1/s1. The molecular formula is C11H19O5P. The number of rotatable bonds is 8. The highest BCUT2D eigenvalue weighted by Gasteiger charge is 2.33.